The molecule has 1 amide bonds. The maximum Gasteiger partial charge on any atom is 0.534 e. The van der Waals surface area contributed by atoms with Crippen molar-refractivity contribution in [1.29, 1.82) is 0 Å². The van der Waals surface area contributed by atoms with Crippen molar-refractivity contribution in [1.82, 2.24) is 4.90 Å². The van der Waals surface area contributed by atoms with E-state index in [9.17, 15) is 26.4 Å². The molecule has 1 aliphatic rings. The number of ether oxygens (including phenoxy) is 1. The summed E-state index contributed by atoms with van der Waals surface area (Å²) in [6.07, 6.45) is -0.710. The molecular formula is C13H14F3NO5S. The van der Waals surface area contributed by atoms with Crippen molar-refractivity contribution in [2.45, 2.75) is 32.0 Å². The molecule has 10 heteroatoms. The Morgan fingerprint density at radius 3 is 2.52 bits per heavy atom. The van der Waals surface area contributed by atoms with E-state index in [-0.39, 0.29) is 18.2 Å². The van der Waals surface area contributed by atoms with E-state index in [2.05, 4.69) is 4.18 Å². The molecule has 1 aliphatic heterocycles. The van der Waals surface area contributed by atoms with Gasteiger partial charge in [0.2, 0.25) is 0 Å². The molecule has 1 atom stereocenters. The molecule has 0 bridgehead atoms. The van der Waals surface area contributed by atoms with Crippen molar-refractivity contribution < 1.29 is 35.3 Å². The fourth-order valence-electron chi connectivity index (χ4n) is 2.09. The van der Waals surface area contributed by atoms with Crippen LogP contribution in [0.25, 0.3) is 0 Å². The third kappa shape index (κ3) is 3.87. The van der Waals surface area contributed by atoms with E-state index < -0.39 is 27.5 Å². The number of aryl methyl sites for hydroxylation is 1. The summed E-state index contributed by atoms with van der Waals surface area (Å²) < 4.78 is 68.0. The second-order valence-electron chi connectivity index (χ2n) is 5.16. The number of alkyl halides is 3. The van der Waals surface area contributed by atoms with Crippen LogP contribution in [0, 0.1) is 6.92 Å². The van der Waals surface area contributed by atoms with Crippen molar-refractivity contribution in [2.24, 2.45) is 0 Å². The van der Waals surface area contributed by atoms with E-state index in [1.54, 1.807) is 6.92 Å². The van der Waals surface area contributed by atoms with E-state index >= 15 is 0 Å². The Morgan fingerprint density at radius 2 is 2.04 bits per heavy atom. The highest BCUT2D eigenvalue weighted by atomic mass is 32.2. The average molecular weight is 353 g/mol. The minimum Gasteiger partial charge on any atom is -0.444 e. The van der Waals surface area contributed by atoms with E-state index in [4.69, 9.17) is 4.74 Å². The monoisotopic (exact) mass is 353 g/mol. The van der Waals surface area contributed by atoms with Crippen LogP contribution < -0.4 is 4.18 Å². The summed E-state index contributed by atoms with van der Waals surface area (Å²) in [4.78, 5) is 13.0. The molecule has 1 unspecified atom stereocenters. The summed E-state index contributed by atoms with van der Waals surface area (Å²) in [6, 6.07) is 3.97. The molecule has 2 rings (SSSR count). The van der Waals surface area contributed by atoms with Gasteiger partial charge in [-0.2, -0.15) is 21.6 Å². The number of benzene rings is 1. The number of amides is 1. The lowest BCUT2D eigenvalue weighted by molar-refractivity contribution is -0.0500. The summed E-state index contributed by atoms with van der Waals surface area (Å²) in [5, 5.41) is 0. The Kier molecular flexibility index (Phi) is 4.47. The van der Waals surface area contributed by atoms with Gasteiger partial charge in [0, 0.05) is 6.54 Å². The third-order valence-corrected chi connectivity index (χ3v) is 4.10. The minimum atomic E-state index is -5.71. The zero-order chi connectivity index (χ0) is 17.4. The zero-order valence-corrected chi connectivity index (χ0v) is 13.1. The summed E-state index contributed by atoms with van der Waals surface area (Å²) in [5.74, 6) is -0.413. The molecule has 0 aliphatic carbocycles. The first-order valence-corrected chi connectivity index (χ1v) is 7.96. The Balaban J connectivity index is 2.14. The number of nitrogens with zero attached hydrogens (tertiary/aromatic N) is 1. The predicted molar refractivity (Wildman–Crippen MR) is 73.1 cm³/mol. The van der Waals surface area contributed by atoms with Crippen LogP contribution in [0.5, 0.6) is 5.75 Å². The van der Waals surface area contributed by atoms with Crippen LogP contribution in [0.15, 0.2) is 18.2 Å². The van der Waals surface area contributed by atoms with Gasteiger partial charge in [0.25, 0.3) is 0 Å². The number of halogens is 3. The van der Waals surface area contributed by atoms with Crippen LogP contribution in [0.1, 0.15) is 18.1 Å². The molecular weight excluding hydrogens is 339 g/mol. The average Bonchev–Trinajstić information content (AvgIpc) is 2.69. The molecule has 1 aromatic rings. The smallest absolute Gasteiger partial charge is 0.444 e. The summed E-state index contributed by atoms with van der Waals surface area (Å²) >= 11 is 0. The lowest BCUT2D eigenvalue weighted by Gasteiger charge is -2.15. The molecule has 1 saturated heterocycles. The maximum atomic E-state index is 12.3. The lowest BCUT2D eigenvalue weighted by Crippen LogP contribution is -2.28. The Bertz CT molecular complexity index is 717. The van der Waals surface area contributed by atoms with Crippen LogP contribution >= 0.6 is 0 Å². The van der Waals surface area contributed by atoms with E-state index in [1.807, 2.05) is 0 Å². The van der Waals surface area contributed by atoms with Gasteiger partial charge in [-0.05, 0) is 31.0 Å². The molecule has 0 N–H and O–H groups in total. The fourth-order valence-corrected chi connectivity index (χ4v) is 2.60. The van der Waals surface area contributed by atoms with Crippen molar-refractivity contribution in [3.63, 3.8) is 0 Å². The van der Waals surface area contributed by atoms with Gasteiger partial charge in [0.1, 0.15) is 11.9 Å². The Hall–Kier alpha value is -1.97. The number of hydrogen-bond donors (Lipinski definition) is 0. The molecule has 1 fully saturated rings. The Labute approximate surface area is 130 Å². The highest BCUT2D eigenvalue weighted by Crippen LogP contribution is 2.29. The van der Waals surface area contributed by atoms with Crippen LogP contribution in [0.3, 0.4) is 0 Å². The van der Waals surface area contributed by atoms with Gasteiger partial charge >= 0.3 is 21.7 Å². The summed E-state index contributed by atoms with van der Waals surface area (Å²) in [5.41, 5.74) is -4.67. The standard InChI is InChI=1S/C13H14F3NO5S/c1-8-5-10(7-17-6-9(2)21-12(17)18)3-4-11(8)22-23(19,20)13(14,15)16/h3-5,9H,6-7H2,1-2H3. The first kappa shape index (κ1) is 17.4. The first-order valence-electron chi connectivity index (χ1n) is 6.55. The molecule has 6 nitrogen and oxygen atoms in total. The molecule has 0 spiro atoms. The number of carbonyl (C=O) groups is 1. The fraction of sp³-hybridized carbons (Fsp3) is 0.462. The zero-order valence-electron chi connectivity index (χ0n) is 12.3. The van der Waals surface area contributed by atoms with Crippen molar-refractivity contribution in [3.05, 3.63) is 29.3 Å². The topological polar surface area (TPSA) is 72.9 Å². The van der Waals surface area contributed by atoms with Gasteiger partial charge in [0.15, 0.2) is 0 Å². The molecule has 0 aromatic heterocycles. The molecule has 1 aromatic carbocycles. The number of hydrogen-bond acceptors (Lipinski definition) is 5. The third-order valence-electron chi connectivity index (χ3n) is 3.13. The molecule has 128 valence electrons. The van der Waals surface area contributed by atoms with Gasteiger partial charge in [-0.1, -0.05) is 12.1 Å². The lowest BCUT2D eigenvalue weighted by atomic mass is 10.1. The normalized spacial score (nSPS) is 18.9. The van der Waals surface area contributed by atoms with Crippen molar-refractivity contribution in [2.75, 3.05) is 6.54 Å². The Morgan fingerprint density at radius 1 is 1.39 bits per heavy atom. The minimum absolute atomic E-state index is 0.205. The highest BCUT2D eigenvalue weighted by molar-refractivity contribution is 7.88. The van der Waals surface area contributed by atoms with Crippen LogP contribution in [0.2, 0.25) is 0 Å². The number of cyclic esters (lactones) is 1. The van der Waals surface area contributed by atoms with Crippen molar-refractivity contribution >= 4 is 16.2 Å². The maximum absolute atomic E-state index is 12.3. The molecule has 1 heterocycles. The molecule has 0 radical (unpaired) electrons. The van der Waals surface area contributed by atoms with Crippen LogP contribution in [-0.2, 0) is 21.4 Å². The largest absolute Gasteiger partial charge is 0.534 e. The SMILES string of the molecule is Cc1cc(CN2CC(C)OC2=O)ccc1OS(=O)(=O)C(F)(F)F. The van der Waals surface area contributed by atoms with Gasteiger partial charge in [-0.3, -0.25) is 0 Å². The second-order valence-corrected chi connectivity index (χ2v) is 6.70. The summed E-state index contributed by atoms with van der Waals surface area (Å²) in [6.45, 7) is 3.76. The van der Waals surface area contributed by atoms with E-state index in [1.165, 1.54) is 24.0 Å². The van der Waals surface area contributed by atoms with Crippen LogP contribution in [0.4, 0.5) is 18.0 Å². The second kappa shape index (κ2) is 5.91. The first-order chi connectivity index (χ1) is 10.5. The molecule has 0 saturated carbocycles. The predicted octanol–water partition coefficient (Wildman–Crippen LogP) is 2.56. The van der Waals surface area contributed by atoms with Crippen molar-refractivity contribution in [3.8, 4) is 5.75 Å². The number of carbonyl (C=O) groups excluding carboxylic acids is 1. The van der Waals surface area contributed by atoms with Gasteiger partial charge in [-0.25, -0.2) is 4.79 Å². The highest BCUT2D eigenvalue weighted by Gasteiger charge is 2.48. The number of rotatable bonds is 4. The van der Waals surface area contributed by atoms with E-state index in [0.29, 0.717) is 12.1 Å². The van der Waals surface area contributed by atoms with E-state index in [0.717, 1.165) is 6.07 Å². The van der Waals surface area contributed by atoms with Gasteiger partial charge < -0.3 is 13.8 Å². The molecule has 23 heavy (non-hydrogen) atoms. The summed E-state index contributed by atoms with van der Waals surface area (Å²) in [7, 11) is -5.71. The quantitative estimate of drug-likeness (QED) is 0.614. The van der Waals surface area contributed by atoms with Gasteiger partial charge in [0.05, 0.1) is 6.54 Å². The van der Waals surface area contributed by atoms with Crippen LogP contribution in [-0.4, -0.2) is 37.6 Å². The van der Waals surface area contributed by atoms with Gasteiger partial charge in [-0.15, -0.1) is 0 Å².